The SMILES string of the molecule is CCOC(=O)c1ccc(N(Cc2cccnc2)C(=S)NC(=O)c2ccc(OCC)c(Cl)c2)cc1. The van der Waals surface area contributed by atoms with Gasteiger partial charge in [-0.15, -0.1) is 0 Å². The lowest BCUT2D eigenvalue weighted by molar-refractivity contribution is 0.0526. The number of nitrogens with one attached hydrogen (secondary N) is 1. The summed E-state index contributed by atoms with van der Waals surface area (Å²) < 4.78 is 10.5. The molecule has 0 radical (unpaired) electrons. The van der Waals surface area contributed by atoms with Crippen LogP contribution in [0.3, 0.4) is 0 Å². The molecule has 9 heteroatoms. The molecule has 3 rings (SSSR count). The minimum atomic E-state index is -0.408. The van der Waals surface area contributed by atoms with E-state index in [-0.39, 0.29) is 5.11 Å². The molecule has 0 unspecified atom stereocenters. The standard InChI is InChI=1S/C25H24ClN3O4S/c1-3-32-22-12-9-19(14-21(22)26)23(30)28-25(34)29(16-17-6-5-13-27-15-17)20-10-7-18(8-11-20)24(31)33-4-2/h5-15H,3-4,16H2,1-2H3,(H,28,30,34). The lowest BCUT2D eigenvalue weighted by Crippen LogP contribution is -2.42. The van der Waals surface area contributed by atoms with Crippen LogP contribution in [-0.2, 0) is 11.3 Å². The number of nitrogens with zero attached hydrogens (tertiary/aromatic N) is 2. The van der Waals surface area contributed by atoms with Gasteiger partial charge in [0.1, 0.15) is 5.75 Å². The van der Waals surface area contributed by atoms with E-state index in [9.17, 15) is 9.59 Å². The van der Waals surface area contributed by atoms with E-state index in [1.165, 1.54) is 6.07 Å². The number of hydrogen-bond donors (Lipinski definition) is 1. The Morgan fingerprint density at radius 1 is 1.06 bits per heavy atom. The van der Waals surface area contributed by atoms with Gasteiger partial charge in [0.15, 0.2) is 5.11 Å². The van der Waals surface area contributed by atoms with Crippen LogP contribution in [0.4, 0.5) is 5.69 Å². The zero-order chi connectivity index (χ0) is 24.5. The Morgan fingerprint density at radius 2 is 1.79 bits per heavy atom. The van der Waals surface area contributed by atoms with Crippen molar-refractivity contribution in [1.29, 1.82) is 0 Å². The molecule has 0 bridgehead atoms. The zero-order valence-electron chi connectivity index (χ0n) is 18.8. The number of hydrogen-bond acceptors (Lipinski definition) is 6. The first-order valence-electron chi connectivity index (χ1n) is 10.6. The number of carbonyl (C=O) groups is 2. The summed E-state index contributed by atoms with van der Waals surface area (Å²) >= 11 is 11.8. The summed E-state index contributed by atoms with van der Waals surface area (Å²) in [5, 5.41) is 3.28. The largest absolute Gasteiger partial charge is 0.492 e. The van der Waals surface area contributed by atoms with Crippen LogP contribution in [0.2, 0.25) is 5.02 Å². The Labute approximate surface area is 208 Å². The highest BCUT2D eigenvalue weighted by Crippen LogP contribution is 2.25. The van der Waals surface area contributed by atoms with Gasteiger partial charge in [0.25, 0.3) is 5.91 Å². The number of carbonyl (C=O) groups excluding carboxylic acids is 2. The number of amides is 1. The van der Waals surface area contributed by atoms with E-state index >= 15 is 0 Å². The Balaban J connectivity index is 1.83. The highest BCUT2D eigenvalue weighted by atomic mass is 35.5. The van der Waals surface area contributed by atoms with E-state index in [0.29, 0.717) is 47.3 Å². The molecule has 3 aromatic rings. The van der Waals surface area contributed by atoms with Crippen molar-refractivity contribution >= 4 is 46.5 Å². The molecule has 176 valence electrons. The highest BCUT2D eigenvalue weighted by Gasteiger charge is 2.18. The third kappa shape index (κ3) is 6.52. The van der Waals surface area contributed by atoms with Crippen LogP contribution in [0.1, 0.15) is 40.1 Å². The molecule has 1 N–H and O–H groups in total. The molecule has 0 aliphatic heterocycles. The smallest absolute Gasteiger partial charge is 0.338 e. The summed E-state index contributed by atoms with van der Waals surface area (Å²) in [6.45, 7) is 4.72. The molecule has 0 saturated carbocycles. The molecule has 0 spiro atoms. The molecule has 0 atom stereocenters. The van der Waals surface area contributed by atoms with Gasteiger partial charge in [-0.3, -0.25) is 15.1 Å². The molecular weight excluding hydrogens is 474 g/mol. The van der Waals surface area contributed by atoms with Crippen LogP contribution in [0, 0.1) is 0 Å². The molecule has 0 aliphatic rings. The number of esters is 1. The molecule has 0 fully saturated rings. The average molecular weight is 498 g/mol. The van der Waals surface area contributed by atoms with E-state index in [1.807, 2.05) is 19.1 Å². The normalized spacial score (nSPS) is 10.3. The summed E-state index contributed by atoms with van der Waals surface area (Å²) in [5.41, 5.74) is 2.34. The topological polar surface area (TPSA) is 80.8 Å². The van der Waals surface area contributed by atoms with Crippen LogP contribution in [0.25, 0.3) is 0 Å². The number of anilines is 1. The molecule has 1 aromatic heterocycles. The molecule has 34 heavy (non-hydrogen) atoms. The van der Waals surface area contributed by atoms with Crippen LogP contribution in [0.5, 0.6) is 5.75 Å². The predicted octanol–water partition coefficient (Wildman–Crippen LogP) is 5.03. The van der Waals surface area contributed by atoms with Gasteiger partial charge < -0.3 is 14.4 Å². The maximum absolute atomic E-state index is 12.9. The number of benzene rings is 2. The third-order valence-electron chi connectivity index (χ3n) is 4.71. The molecule has 7 nitrogen and oxygen atoms in total. The van der Waals surface area contributed by atoms with Gasteiger partial charge in [-0.25, -0.2) is 4.79 Å². The minimum absolute atomic E-state index is 0.183. The van der Waals surface area contributed by atoms with Crippen LogP contribution < -0.4 is 15.0 Å². The first-order valence-corrected chi connectivity index (χ1v) is 11.4. The summed E-state index contributed by atoms with van der Waals surface area (Å²) in [7, 11) is 0. The molecule has 1 amide bonds. The first kappa shape index (κ1) is 25.1. The fraction of sp³-hybridized carbons (Fsp3) is 0.200. The van der Waals surface area contributed by atoms with Crippen molar-refractivity contribution in [3.63, 3.8) is 0 Å². The van der Waals surface area contributed by atoms with E-state index in [2.05, 4.69) is 10.3 Å². The van der Waals surface area contributed by atoms with E-state index in [4.69, 9.17) is 33.3 Å². The number of rotatable bonds is 8. The van der Waals surface area contributed by atoms with Gasteiger partial charge in [-0.2, -0.15) is 0 Å². The highest BCUT2D eigenvalue weighted by molar-refractivity contribution is 7.80. The number of aromatic nitrogens is 1. The van der Waals surface area contributed by atoms with Gasteiger partial charge in [0.05, 0.1) is 30.3 Å². The fourth-order valence-electron chi connectivity index (χ4n) is 3.10. The van der Waals surface area contributed by atoms with E-state index in [1.54, 1.807) is 60.6 Å². The summed E-state index contributed by atoms with van der Waals surface area (Å²) in [6, 6.07) is 15.3. The maximum Gasteiger partial charge on any atom is 0.338 e. The quantitative estimate of drug-likeness (QED) is 0.345. The van der Waals surface area contributed by atoms with Crippen molar-refractivity contribution in [2.24, 2.45) is 0 Å². The van der Waals surface area contributed by atoms with Gasteiger partial charge in [-0.1, -0.05) is 17.7 Å². The van der Waals surface area contributed by atoms with Crippen molar-refractivity contribution in [2.45, 2.75) is 20.4 Å². The molecule has 1 heterocycles. The lowest BCUT2D eigenvalue weighted by Gasteiger charge is -2.26. The summed E-state index contributed by atoms with van der Waals surface area (Å²) in [4.78, 5) is 30.8. The Bertz CT molecular complexity index is 1160. The second-order valence-corrected chi connectivity index (χ2v) is 7.85. The summed E-state index contributed by atoms with van der Waals surface area (Å²) in [5.74, 6) is -0.311. The van der Waals surface area contributed by atoms with Crippen molar-refractivity contribution in [3.05, 3.63) is 88.7 Å². The summed E-state index contributed by atoms with van der Waals surface area (Å²) in [6.07, 6.45) is 3.40. The monoisotopic (exact) mass is 497 g/mol. The first-order chi connectivity index (χ1) is 16.4. The number of ether oxygens (including phenoxy) is 2. The number of halogens is 1. The zero-order valence-corrected chi connectivity index (χ0v) is 20.4. The average Bonchev–Trinajstić information content (AvgIpc) is 2.84. The maximum atomic E-state index is 12.9. The Kier molecular flexibility index (Phi) is 8.95. The third-order valence-corrected chi connectivity index (χ3v) is 5.33. The van der Waals surface area contributed by atoms with Crippen LogP contribution in [-0.4, -0.2) is 35.2 Å². The van der Waals surface area contributed by atoms with E-state index in [0.717, 1.165) is 5.56 Å². The van der Waals surface area contributed by atoms with Gasteiger partial charge in [0, 0.05) is 23.6 Å². The van der Waals surface area contributed by atoms with Crippen molar-refractivity contribution in [3.8, 4) is 5.75 Å². The van der Waals surface area contributed by atoms with Crippen LogP contribution in [0.15, 0.2) is 67.0 Å². The van der Waals surface area contributed by atoms with Gasteiger partial charge >= 0.3 is 5.97 Å². The van der Waals surface area contributed by atoms with Gasteiger partial charge in [-0.05, 0) is 80.2 Å². The van der Waals surface area contributed by atoms with Gasteiger partial charge in [0.2, 0.25) is 0 Å². The van der Waals surface area contributed by atoms with Crippen molar-refractivity contribution in [1.82, 2.24) is 10.3 Å². The van der Waals surface area contributed by atoms with Crippen LogP contribution >= 0.6 is 23.8 Å². The second-order valence-electron chi connectivity index (χ2n) is 7.05. The molecule has 0 aliphatic carbocycles. The van der Waals surface area contributed by atoms with E-state index < -0.39 is 11.9 Å². The Morgan fingerprint density at radius 3 is 2.41 bits per heavy atom. The lowest BCUT2D eigenvalue weighted by atomic mass is 10.1. The molecule has 2 aromatic carbocycles. The second kappa shape index (κ2) is 12.1. The molecule has 0 saturated heterocycles. The Hall–Kier alpha value is -3.49. The molecular formula is C25H24ClN3O4S. The minimum Gasteiger partial charge on any atom is -0.492 e. The number of thiocarbonyl (C=S) groups is 1. The van der Waals surface area contributed by atoms with Crippen molar-refractivity contribution in [2.75, 3.05) is 18.1 Å². The number of pyridine rings is 1. The fourth-order valence-corrected chi connectivity index (χ4v) is 3.60. The predicted molar refractivity (Wildman–Crippen MR) is 136 cm³/mol. The van der Waals surface area contributed by atoms with Crippen molar-refractivity contribution < 1.29 is 19.1 Å².